The van der Waals surface area contributed by atoms with Crippen LogP contribution in [0.4, 0.5) is 0 Å². The van der Waals surface area contributed by atoms with E-state index >= 15 is 4.79 Å². The van der Waals surface area contributed by atoms with Crippen LogP contribution in [0.2, 0.25) is 0 Å². The van der Waals surface area contributed by atoms with Gasteiger partial charge in [-0.2, -0.15) is 0 Å². The number of aromatic nitrogens is 7. The molecule has 7 aromatic heterocycles. The molecule has 0 spiro atoms. The van der Waals surface area contributed by atoms with Gasteiger partial charge in [0.25, 0.3) is 17.7 Å². The number of thiazole rings is 6. The SMILES string of the molecule is CC(=O)NC(=O)c1csc(-c2ccc3c(n2)-c2csc(n2)-c2csc(n2)[C@H]([C@@H](C)[C@H](CCl)OC(C)=O)NC(=O)[C@H](Cc2ccc(OC(C)=O)cc2)NC(=O)c2csc(n2)[C@H]([C@H](OC(C)=O)c2ccccc2)CC(=O)c2nc(sc2C)[C@H](CC(N)=O)NC(=O)c2csc-3n2)n1. The zero-order chi connectivity index (χ0) is 67.1. The Bertz CT molecular complexity index is 4390. The van der Waals surface area contributed by atoms with Gasteiger partial charge in [0.05, 0.1) is 36.0 Å². The summed E-state index contributed by atoms with van der Waals surface area (Å²) in [7, 11) is 0. The lowest BCUT2D eigenvalue weighted by Crippen LogP contribution is -2.50. The van der Waals surface area contributed by atoms with E-state index in [-0.39, 0.29) is 56.5 Å². The summed E-state index contributed by atoms with van der Waals surface area (Å²) in [6.07, 6.45) is -3.09. The van der Waals surface area contributed by atoms with Crippen LogP contribution in [0.5, 0.6) is 5.75 Å². The predicted molar refractivity (Wildman–Crippen MR) is 351 cm³/mol. The first-order chi connectivity index (χ1) is 45.0. The number of carbonyl (C=O) groups excluding carboxylic acids is 10. The number of Topliss-reactive ketones (excluding diaryl/α,β-unsaturated/α-hetero) is 1. The van der Waals surface area contributed by atoms with Crippen LogP contribution in [-0.4, -0.2) is 112 Å². The molecular formula is C62H55ClN12O13S6. The second kappa shape index (κ2) is 29.8. The topological polar surface area (TPSA) is 363 Å². The largest absolute Gasteiger partial charge is 0.461 e. The fourth-order valence-corrected chi connectivity index (χ4v) is 15.6. The molecule has 10 bridgehead atoms. The molecule has 0 fully saturated rings. The number of amides is 6. The van der Waals surface area contributed by atoms with Gasteiger partial charge in [-0.15, -0.1) is 79.6 Å². The van der Waals surface area contributed by atoms with Gasteiger partial charge in [-0.05, 0) is 42.3 Å². The second-order valence-corrected chi connectivity index (χ2v) is 27.2. The van der Waals surface area contributed by atoms with Crippen LogP contribution in [-0.2, 0) is 44.7 Å². The van der Waals surface area contributed by atoms with Crippen molar-refractivity contribution in [2.45, 2.75) is 97.1 Å². The number of pyridine rings is 1. The molecular weight excluding hydrogens is 1350 g/mol. The van der Waals surface area contributed by atoms with E-state index in [4.69, 9.17) is 61.4 Å². The van der Waals surface area contributed by atoms with Crippen molar-refractivity contribution in [1.29, 1.82) is 0 Å². The van der Waals surface area contributed by atoms with Crippen LogP contribution < -0.4 is 31.7 Å². The van der Waals surface area contributed by atoms with Gasteiger partial charge in [0.2, 0.25) is 17.7 Å². The highest BCUT2D eigenvalue weighted by Crippen LogP contribution is 2.42. The molecule has 2 aromatic carbocycles. The lowest BCUT2D eigenvalue weighted by molar-refractivity contribution is -0.149. The average molecular weight is 1400 g/mol. The number of benzene rings is 2. The van der Waals surface area contributed by atoms with Crippen molar-refractivity contribution in [1.82, 2.24) is 56.2 Å². The number of nitrogens with two attached hydrogens (primary N) is 1. The molecule has 10 rings (SSSR count). The monoisotopic (exact) mass is 1400 g/mol. The number of hydrogen-bond donors (Lipinski definition) is 5. The number of ketones is 1. The van der Waals surface area contributed by atoms with Gasteiger partial charge in [0.1, 0.15) is 93.9 Å². The van der Waals surface area contributed by atoms with Gasteiger partial charge in [0.15, 0.2) is 5.78 Å². The standard InChI is InChI=1S/C62H55ClN12O13S6/c1-27(47(21-63)87-31(5)78)49-62-73-45(26-93-62)60-69-41(22-91-60)51-36(16-17-38(66-51)59-72-42(25-92-59)54(83)65-29(3)76)57-70-44(23-89-57)56(85)68-40(20-48(64)81)61-75-50(28(2)94-61)46(80)19-37(52(88-32(6)79)34-10-8-7-9-11-34)58-71-43(24-90-58)55(84)67-39(53(82)74-49)18-33-12-14-35(15-13-33)86-30(4)77/h7-17,22-27,37,39-40,47,49,52H,18-21H2,1-6H3,(H2,64,81)(H,67,84)(H,68,85)(H,74,82)(H,65,76,83)/t27-,37-,39-,40-,47-,49-,52+/m0/s1. The van der Waals surface area contributed by atoms with Crippen LogP contribution in [0.3, 0.4) is 0 Å². The maximum absolute atomic E-state index is 15.2. The summed E-state index contributed by atoms with van der Waals surface area (Å²) < 4.78 is 17.0. The summed E-state index contributed by atoms with van der Waals surface area (Å²) in [4.78, 5) is 168. The molecule has 32 heteroatoms. The van der Waals surface area contributed by atoms with Gasteiger partial charge in [-0.3, -0.25) is 53.3 Å². The predicted octanol–water partition coefficient (Wildman–Crippen LogP) is 9.32. The van der Waals surface area contributed by atoms with Gasteiger partial charge in [-0.25, -0.2) is 34.9 Å². The van der Waals surface area contributed by atoms with Crippen molar-refractivity contribution in [3.63, 3.8) is 0 Å². The molecule has 1 aliphatic rings. The Kier molecular flexibility index (Phi) is 21.4. The number of carbonyl (C=O) groups is 10. The molecule has 25 nitrogen and oxygen atoms in total. The minimum atomic E-state index is -1.38. The highest BCUT2D eigenvalue weighted by Gasteiger charge is 2.38. The van der Waals surface area contributed by atoms with Crippen LogP contribution in [0.1, 0.15) is 145 Å². The van der Waals surface area contributed by atoms with E-state index in [0.29, 0.717) is 58.7 Å². The number of imide groups is 1. The number of hydrogen-bond acceptors (Lipinski definition) is 26. The molecule has 484 valence electrons. The Hall–Kier alpha value is -9.24. The Morgan fingerprint density at radius 1 is 0.638 bits per heavy atom. The third kappa shape index (κ3) is 16.2. The number of nitrogens with zero attached hydrogens (tertiary/aromatic N) is 7. The highest BCUT2D eigenvalue weighted by molar-refractivity contribution is 7.15. The Morgan fingerprint density at radius 2 is 1.27 bits per heavy atom. The molecule has 1 aliphatic heterocycles. The Balaban J connectivity index is 1.11. The third-order valence-corrected chi connectivity index (χ3v) is 20.2. The molecule has 0 radical (unpaired) electrons. The lowest BCUT2D eigenvalue weighted by atomic mass is 9.90. The summed E-state index contributed by atoms with van der Waals surface area (Å²) in [6.45, 7) is 8.25. The third-order valence-electron chi connectivity index (χ3n) is 14.3. The van der Waals surface area contributed by atoms with E-state index in [1.54, 1.807) is 79.2 Å². The van der Waals surface area contributed by atoms with E-state index in [2.05, 4.69) is 26.3 Å². The lowest BCUT2D eigenvalue weighted by Gasteiger charge is -2.30. The first-order valence-corrected chi connectivity index (χ1v) is 34.3. The molecule has 6 amide bonds. The fourth-order valence-electron chi connectivity index (χ4n) is 9.96. The maximum atomic E-state index is 15.2. The van der Waals surface area contributed by atoms with Crippen molar-refractivity contribution < 1.29 is 62.2 Å². The van der Waals surface area contributed by atoms with Gasteiger partial charge in [-0.1, -0.05) is 49.4 Å². The number of rotatable bonds is 14. The van der Waals surface area contributed by atoms with Crippen LogP contribution in [0.25, 0.3) is 43.4 Å². The first kappa shape index (κ1) is 67.6. The minimum absolute atomic E-state index is 0.0226. The average Bonchev–Trinajstić information content (AvgIpc) is 1.60. The number of aryl methyl sites for hydroxylation is 1. The van der Waals surface area contributed by atoms with Crippen LogP contribution in [0, 0.1) is 12.8 Å². The molecule has 0 aliphatic carbocycles. The molecule has 7 atom stereocenters. The molecule has 0 saturated carbocycles. The molecule has 6 N–H and O–H groups in total. The number of ether oxygens (including phenoxy) is 3. The van der Waals surface area contributed by atoms with Crippen molar-refractivity contribution in [3.8, 4) is 49.1 Å². The molecule has 0 unspecified atom stereocenters. The number of primary amides is 1. The zero-order valence-electron chi connectivity index (χ0n) is 50.5. The number of fused-ring (bicyclic) bond motifs is 14. The molecule has 8 heterocycles. The summed E-state index contributed by atoms with van der Waals surface area (Å²) in [5.74, 6) is -8.56. The summed E-state index contributed by atoms with van der Waals surface area (Å²) in [5.41, 5.74) is 8.20. The van der Waals surface area contributed by atoms with Gasteiger partial charge >= 0.3 is 17.9 Å². The summed E-state index contributed by atoms with van der Waals surface area (Å²) in [6, 6.07) is 14.7. The quantitative estimate of drug-likeness (QED) is 0.0384. The summed E-state index contributed by atoms with van der Waals surface area (Å²) in [5, 5.41) is 20.6. The van der Waals surface area contributed by atoms with Crippen molar-refractivity contribution >= 4 is 139 Å². The smallest absolute Gasteiger partial charge is 0.308 e. The zero-order valence-corrected chi connectivity index (χ0v) is 56.1. The van der Waals surface area contributed by atoms with Gasteiger partial charge in [0, 0.05) is 83.8 Å². The number of halogens is 1. The Morgan fingerprint density at radius 3 is 1.96 bits per heavy atom. The number of alkyl halides is 1. The highest BCUT2D eigenvalue weighted by atomic mass is 35.5. The van der Waals surface area contributed by atoms with E-state index in [0.717, 1.165) is 56.7 Å². The first-order valence-electron chi connectivity index (χ1n) is 28.5. The van der Waals surface area contributed by atoms with Crippen LogP contribution in [0.15, 0.2) is 93.6 Å². The number of esters is 3. The molecule has 94 heavy (non-hydrogen) atoms. The fraction of sp³-hybridized carbons (Fsp3) is 0.274. The van der Waals surface area contributed by atoms with E-state index in [9.17, 15) is 43.2 Å². The number of nitrogens with one attached hydrogen (secondary N) is 4. The Labute approximate surface area is 564 Å². The normalized spacial score (nSPS) is 17.1. The van der Waals surface area contributed by atoms with Crippen molar-refractivity contribution in [3.05, 3.63) is 147 Å². The van der Waals surface area contributed by atoms with Gasteiger partial charge < -0.3 is 35.9 Å². The molecule has 9 aromatic rings. The maximum Gasteiger partial charge on any atom is 0.308 e. The van der Waals surface area contributed by atoms with Crippen molar-refractivity contribution in [2.24, 2.45) is 11.7 Å². The molecule has 0 saturated heterocycles. The van der Waals surface area contributed by atoms with E-state index < -0.39 is 114 Å². The van der Waals surface area contributed by atoms with E-state index in [1.807, 2.05) is 0 Å². The second-order valence-electron chi connectivity index (χ2n) is 21.3. The van der Waals surface area contributed by atoms with Crippen molar-refractivity contribution in [2.75, 3.05) is 5.88 Å². The summed E-state index contributed by atoms with van der Waals surface area (Å²) >= 11 is 13.1. The van der Waals surface area contributed by atoms with Crippen LogP contribution >= 0.6 is 79.6 Å². The van der Waals surface area contributed by atoms with E-state index in [1.165, 1.54) is 67.3 Å². The minimum Gasteiger partial charge on any atom is -0.461 e.